The molecule has 1 N–H and O–H groups in total. The van der Waals surface area contributed by atoms with E-state index < -0.39 is 0 Å². The third kappa shape index (κ3) is 3.45. The summed E-state index contributed by atoms with van der Waals surface area (Å²) in [6.45, 7) is 3.49. The smallest absolute Gasteiger partial charge is 0.199 e. The minimum atomic E-state index is -0.0723. The molecule has 1 aliphatic rings. The summed E-state index contributed by atoms with van der Waals surface area (Å²) in [4.78, 5) is 2.33. The van der Waals surface area contributed by atoms with E-state index >= 15 is 0 Å². The fourth-order valence-electron chi connectivity index (χ4n) is 3.52. The van der Waals surface area contributed by atoms with Gasteiger partial charge in [0, 0.05) is 12.6 Å². The molecule has 1 heterocycles. The minimum Gasteiger partial charge on any atom is -0.388 e. The number of rotatable bonds is 6. The van der Waals surface area contributed by atoms with Crippen molar-refractivity contribution in [3.05, 3.63) is 46.0 Å². The van der Waals surface area contributed by atoms with E-state index in [4.69, 9.17) is 12.2 Å². The lowest BCUT2D eigenvalue weighted by Gasteiger charge is -2.32. The lowest BCUT2D eigenvalue weighted by Crippen LogP contribution is -2.38. The van der Waals surface area contributed by atoms with E-state index in [1.54, 1.807) is 0 Å². The standard InChI is InChI=1S/C18H26N4OS/c1-3-10-21-17(12-23)19-22(18(21)24)13-20(2)16-9-8-14-6-4-5-7-15(14)11-16/h4-7,16,23H,3,8-13H2,1-2H3. The van der Waals surface area contributed by atoms with Crippen LogP contribution in [0.3, 0.4) is 0 Å². The molecule has 1 aromatic heterocycles. The molecule has 130 valence electrons. The van der Waals surface area contributed by atoms with Crippen molar-refractivity contribution in [1.29, 1.82) is 0 Å². The molecule has 6 heteroatoms. The van der Waals surface area contributed by atoms with Crippen molar-refractivity contribution in [3.63, 3.8) is 0 Å². The minimum absolute atomic E-state index is 0.0723. The van der Waals surface area contributed by atoms with E-state index in [0.717, 1.165) is 32.2 Å². The maximum Gasteiger partial charge on any atom is 0.199 e. The molecule has 1 atom stereocenters. The van der Waals surface area contributed by atoms with Crippen molar-refractivity contribution in [3.8, 4) is 0 Å². The number of nitrogens with zero attached hydrogens (tertiary/aromatic N) is 4. The van der Waals surface area contributed by atoms with Crippen molar-refractivity contribution in [2.75, 3.05) is 7.05 Å². The Morgan fingerprint density at radius 2 is 2.08 bits per heavy atom. The van der Waals surface area contributed by atoms with Crippen LogP contribution < -0.4 is 0 Å². The molecule has 24 heavy (non-hydrogen) atoms. The van der Waals surface area contributed by atoms with Crippen molar-refractivity contribution in [1.82, 2.24) is 19.2 Å². The summed E-state index contributed by atoms with van der Waals surface area (Å²) in [6, 6.07) is 9.22. The van der Waals surface area contributed by atoms with Crippen molar-refractivity contribution >= 4 is 12.2 Å². The van der Waals surface area contributed by atoms with Gasteiger partial charge in [-0.1, -0.05) is 31.2 Å². The largest absolute Gasteiger partial charge is 0.388 e. The molecular formula is C18H26N4OS. The van der Waals surface area contributed by atoms with Crippen LogP contribution in [0.25, 0.3) is 0 Å². The molecule has 0 spiro atoms. The van der Waals surface area contributed by atoms with Gasteiger partial charge in [0.05, 0.1) is 6.67 Å². The molecule has 0 bridgehead atoms. The van der Waals surface area contributed by atoms with Gasteiger partial charge >= 0.3 is 0 Å². The number of benzene rings is 1. The fraction of sp³-hybridized carbons (Fsp3) is 0.556. The summed E-state index contributed by atoms with van der Waals surface area (Å²) in [5, 5.41) is 14.0. The molecule has 2 aromatic rings. The fourth-order valence-corrected chi connectivity index (χ4v) is 3.82. The Bertz CT molecular complexity index is 752. The van der Waals surface area contributed by atoms with Gasteiger partial charge in [-0.2, -0.15) is 5.10 Å². The number of aliphatic hydroxyl groups excluding tert-OH is 1. The molecule has 0 radical (unpaired) electrons. The normalized spacial score (nSPS) is 17.2. The molecule has 0 saturated carbocycles. The number of aliphatic hydroxyl groups is 1. The molecule has 0 aliphatic heterocycles. The molecule has 3 rings (SSSR count). The molecule has 5 nitrogen and oxygen atoms in total. The third-order valence-electron chi connectivity index (χ3n) is 4.89. The van der Waals surface area contributed by atoms with Crippen LogP contribution in [0, 0.1) is 4.77 Å². The van der Waals surface area contributed by atoms with E-state index in [2.05, 4.69) is 48.2 Å². The van der Waals surface area contributed by atoms with Crippen LogP contribution in [0.15, 0.2) is 24.3 Å². The first-order chi connectivity index (χ1) is 11.6. The van der Waals surface area contributed by atoms with E-state index in [9.17, 15) is 5.11 Å². The predicted octanol–water partition coefficient (Wildman–Crippen LogP) is 2.76. The first-order valence-electron chi connectivity index (χ1n) is 8.68. The van der Waals surface area contributed by atoms with Gasteiger partial charge in [-0.05, 0) is 56.1 Å². The lowest BCUT2D eigenvalue weighted by molar-refractivity contribution is 0.165. The molecule has 0 saturated heterocycles. The lowest BCUT2D eigenvalue weighted by atomic mass is 9.88. The SMILES string of the molecule is CCCn1c(CO)nn(CN(C)C2CCc3ccccc3C2)c1=S. The molecule has 1 unspecified atom stereocenters. The van der Waals surface area contributed by atoms with E-state index in [1.807, 2.05) is 9.25 Å². The highest BCUT2D eigenvalue weighted by atomic mass is 32.1. The molecule has 1 aliphatic carbocycles. The van der Waals surface area contributed by atoms with Crippen molar-refractivity contribution in [2.45, 2.75) is 58.5 Å². The summed E-state index contributed by atoms with van der Waals surface area (Å²) in [5.41, 5.74) is 2.94. The zero-order valence-corrected chi connectivity index (χ0v) is 15.3. The van der Waals surface area contributed by atoms with E-state index in [1.165, 1.54) is 11.1 Å². The van der Waals surface area contributed by atoms with Crippen LogP contribution >= 0.6 is 12.2 Å². The van der Waals surface area contributed by atoms with E-state index in [0.29, 0.717) is 23.3 Å². The summed E-state index contributed by atoms with van der Waals surface area (Å²) in [7, 11) is 2.14. The van der Waals surface area contributed by atoms with Crippen LogP contribution in [0.2, 0.25) is 0 Å². The van der Waals surface area contributed by atoms with Crippen LogP contribution in [-0.2, 0) is 32.7 Å². The highest BCUT2D eigenvalue weighted by Crippen LogP contribution is 2.24. The Labute approximate surface area is 148 Å². The number of likely N-dealkylation sites (N-methyl/N-ethyl adjacent to an activating group) is 1. The zero-order valence-electron chi connectivity index (χ0n) is 14.5. The number of aromatic nitrogens is 3. The topological polar surface area (TPSA) is 46.2 Å². The average Bonchev–Trinajstić information content (AvgIpc) is 2.90. The average molecular weight is 347 g/mol. The Morgan fingerprint density at radius 3 is 2.79 bits per heavy atom. The number of hydrogen-bond donors (Lipinski definition) is 1. The summed E-state index contributed by atoms with van der Waals surface area (Å²) < 4.78 is 4.49. The Balaban J connectivity index is 1.74. The summed E-state index contributed by atoms with van der Waals surface area (Å²) in [6.07, 6.45) is 4.33. The number of hydrogen-bond acceptors (Lipinski definition) is 4. The molecule has 1 aromatic carbocycles. The van der Waals surface area contributed by atoms with Gasteiger partial charge in [0.2, 0.25) is 0 Å². The van der Waals surface area contributed by atoms with Gasteiger partial charge in [-0.25, -0.2) is 4.68 Å². The first-order valence-corrected chi connectivity index (χ1v) is 9.09. The third-order valence-corrected chi connectivity index (χ3v) is 5.32. The van der Waals surface area contributed by atoms with Crippen molar-refractivity contribution < 1.29 is 5.11 Å². The number of aryl methyl sites for hydroxylation is 1. The van der Waals surface area contributed by atoms with Crippen molar-refractivity contribution in [2.24, 2.45) is 0 Å². The second kappa shape index (κ2) is 7.59. The monoisotopic (exact) mass is 346 g/mol. The predicted molar refractivity (Wildman–Crippen MR) is 97.3 cm³/mol. The van der Waals surface area contributed by atoms with Gasteiger partial charge in [0.15, 0.2) is 10.6 Å². The zero-order chi connectivity index (χ0) is 17.1. The van der Waals surface area contributed by atoms with Gasteiger partial charge < -0.3 is 9.67 Å². The van der Waals surface area contributed by atoms with Gasteiger partial charge in [-0.3, -0.25) is 4.90 Å². The van der Waals surface area contributed by atoms with Crippen LogP contribution in [0.1, 0.15) is 36.7 Å². The van der Waals surface area contributed by atoms with Gasteiger partial charge in [-0.15, -0.1) is 0 Å². The molecule has 0 fully saturated rings. The van der Waals surface area contributed by atoms with Crippen LogP contribution in [0.4, 0.5) is 0 Å². The quantitative estimate of drug-likeness (QED) is 0.817. The Kier molecular flexibility index (Phi) is 5.48. The molecule has 0 amide bonds. The van der Waals surface area contributed by atoms with Gasteiger partial charge in [0.1, 0.15) is 6.61 Å². The van der Waals surface area contributed by atoms with Crippen LogP contribution in [-0.4, -0.2) is 37.4 Å². The van der Waals surface area contributed by atoms with Crippen LogP contribution in [0.5, 0.6) is 0 Å². The highest BCUT2D eigenvalue weighted by Gasteiger charge is 2.22. The number of fused-ring (bicyclic) bond motifs is 1. The van der Waals surface area contributed by atoms with Gasteiger partial charge in [0.25, 0.3) is 0 Å². The second-order valence-corrected chi connectivity index (χ2v) is 6.94. The highest BCUT2D eigenvalue weighted by molar-refractivity contribution is 7.71. The Hall–Kier alpha value is -1.50. The first kappa shape index (κ1) is 17.3. The maximum absolute atomic E-state index is 9.52. The Morgan fingerprint density at radius 1 is 1.33 bits per heavy atom. The maximum atomic E-state index is 9.52. The summed E-state index contributed by atoms with van der Waals surface area (Å²) in [5.74, 6) is 0.657. The van der Waals surface area contributed by atoms with E-state index in [-0.39, 0.29) is 6.61 Å². The molecular weight excluding hydrogens is 320 g/mol. The summed E-state index contributed by atoms with van der Waals surface area (Å²) >= 11 is 5.55. The second-order valence-electron chi connectivity index (χ2n) is 6.57.